The molecule has 0 aromatic carbocycles. The molecule has 41 heavy (non-hydrogen) atoms. The summed E-state index contributed by atoms with van der Waals surface area (Å²) in [5, 5.41) is 11.8. The molecule has 0 saturated carbocycles. The summed E-state index contributed by atoms with van der Waals surface area (Å²) in [5.74, 6) is 0.0288. The van der Waals surface area contributed by atoms with Crippen LogP contribution in [0.5, 0.6) is 10.9 Å². The number of halogens is 1. The molecule has 0 bridgehead atoms. The maximum Gasteiger partial charge on any atom is 0.295 e. The van der Waals surface area contributed by atoms with E-state index in [0.717, 1.165) is 11.3 Å². The molecule has 1 amide bonds. The number of amides is 1. The number of ether oxygens (including phenoxy) is 4. The fourth-order valence-electron chi connectivity index (χ4n) is 3.79. The Balaban J connectivity index is 1.32. The summed E-state index contributed by atoms with van der Waals surface area (Å²) in [6.07, 6.45) is 2.70. The molecule has 0 aliphatic carbocycles. The second kappa shape index (κ2) is 13.1. The fraction of sp³-hybridized carbons (Fsp3) is 0.519. The highest BCUT2D eigenvalue weighted by atomic mass is 35.5. The zero-order valence-corrected chi connectivity index (χ0v) is 26.9. The van der Waals surface area contributed by atoms with Crippen molar-refractivity contribution in [2.24, 2.45) is 0 Å². The van der Waals surface area contributed by atoms with Gasteiger partial charge in [-0.05, 0) is 54.1 Å². The average Bonchev–Trinajstić information content (AvgIpc) is 3.37. The smallest absolute Gasteiger partial charge is 0.295 e. The molecule has 11 nitrogen and oxygen atoms in total. The molecule has 14 heteroatoms. The van der Waals surface area contributed by atoms with Crippen molar-refractivity contribution in [3.05, 3.63) is 40.9 Å². The van der Waals surface area contributed by atoms with E-state index in [4.69, 9.17) is 35.0 Å². The monoisotopic (exact) mass is 621 g/mol. The van der Waals surface area contributed by atoms with Crippen LogP contribution in [0.15, 0.2) is 24.5 Å². The number of hydrogen-bond donors (Lipinski definition) is 1. The number of pyridine rings is 2. The number of nitrogens with one attached hydrogen (secondary N) is 1. The second-order valence-corrected chi connectivity index (χ2v) is 17.3. The molecule has 1 N–H and O–H groups in total. The van der Waals surface area contributed by atoms with Gasteiger partial charge in [-0.2, -0.15) is 0 Å². The number of hydrogen-bond acceptors (Lipinski definition) is 11. The van der Waals surface area contributed by atoms with E-state index in [0.29, 0.717) is 52.7 Å². The van der Waals surface area contributed by atoms with Crippen molar-refractivity contribution in [2.45, 2.75) is 58.0 Å². The Hall–Kier alpha value is -2.68. The van der Waals surface area contributed by atoms with Crippen LogP contribution in [-0.2, 0) is 13.9 Å². The minimum absolute atomic E-state index is 0.105. The SMILES string of the molecule is COc1c(C)ncc(C(=O)Nc2nnc(OCC3COC(CO[Si](C)(C)C(C)(C)C)CO3)s2)c1-c1ccnc(Cl)c1. The van der Waals surface area contributed by atoms with Crippen molar-refractivity contribution in [2.75, 3.05) is 38.9 Å². The molecule has 2 unspecified atom stereocenters. The van der Waals surface area contributed by atoms with Crippen LogP contribution < -0.4 is 14.8 Å². The lowest BCUT2D eigenvalue weighted by Crippen LogP contribution is -2.46. The predicted molar refractivity (Wildman–Crippen MR) is 160 cm³/mol. The first-order valence-electron chi connectivity index (χ1n) is 13.2. The lowest BCUT2D eigenvalue weighted by molar-refractivity contribution is -0.151. The first-order valence-corrected chi connectivity index (χ1v) is 17.3. The highest BCUT2D eigenvalue weighted by Crippen LogP contribution is 2.37. The van der Waals surface area contributed by atoms with E-state index in [9.17, 15) is 4.79 Å². The largest absolute Gasteiger partial charge is 0.494 e. The van der Waals surface area contributed by atoms with Crippen molar-refractivity contribution in [1.82, 2.24) is 20.2 Å². The van der Waals surface area contributed by atoms with Gasteiger partial charge < -0.3 is 23.4 Å². The highest BCUT2D eigenvalue weighted by molar-refractivity contribution is 7.17. The molecule has 4 rings (SSSR count). The Bertz CT molecular complexity index is 1360. The van der Waals surface area contributed by atoms with Gasteiger partial charge in [0.15, 0.2) is 8.32 Å². The molecule has 4 heterocycles. The van der Waals surface area contributed by atoms with Crippen LogP contribution in [0.3, 0.4) is 0 Å². The zero-order chi connectivity index (χ0) is 29.8. The molecule has 0 radical (unpaired) electrons. The lowest BCUT2D eigenvalue weighted by Gasteiger charge is -2.38. The van der Waals surface area contributed by atoms with Crippen molar-refractivity contribution in [1.29, 1.82) is 0 Å². The Morgan fingerprint density at radius 3 is 2.51 bits per heavy atom. The number of nitrogens with zero attached hydrogens (tertiary/aromatic N) is 4. The Morgan fingerprint density at radius 2 is 1.88 bits per heavy atom. The molecule has 0 spiro atoms. The minimum atomic E-state index is -1.85. The van der Waals surface area contributed by atoms with Gasteiger partial charge >= 0.3 is 0 Å². The van der Waals surface area contributed by atoms with E-state index in [1.54, 1.807) is 25.3 Å². The summed E-state index contributed by atoms with van der Waals surface area (Å²) in [6, 6.07) is 3.41. The highest BCUT2D eigenvalue weighted by Gasteiger charge is 2.38. The van der Waals surface area contributed by atoms with Crippen LogP contribution in [0.25, 0.3) is 11.1 Å². The zero-order valence-electron chi connectivity index (χ0n) is 24.3. The van der Waals surface area contributed by atoms with Crippen LogP contribution in [0.2, 0.25) is 23.3 Å². The van der Waals surface area contributed by atoms with Crippen molar-refractivity contribution >= 4 is 42.3 Å². The number of aromatic nitrogens is 4. The van der Waals surface area contributed by atoms with Gasteiger partial charge in [-0.15, -0.1) is 5.10 Å². The average molecular weight is 622 g/mol. The van der Waals surface area contributed by atoms with Gasteiger partial charge in [0.05, 0.1) is 38.2 Å². The third-order valence-electron chi connectivity index (χ3n) is 7.17. The van der Waals surface area contributed by atoms with E-state index in [-0.39, 0.29) is 34.5 Å². The number of carbonyl (C=O) groups excluding carboxylic acids is 1. The van der Waals surface area contributed by atoms with Crippen LogP contribution in [0.1, 0.15) is 36.8 Å². The third-order valence-corrected chi connectivity index (χ3v) is 12.6. The van der Waals surface area contributed by atoms with Crippen LogP contribution in [0.4, 0.5) is 5.13 Å². The van der Waals surface area contributed by atoms with E-state index < -0.39 is 14.2 Å². The van der Waals surface area contributed by atoms with Gasteiger partial charge in [0, 0.05) is 18.0 Å². The summed E-state index contributed by atoms with van der Waals surface area (Å²) < 4.78 is 29.5. The van der Waals surface area contributed by atoms with E-state index in [1.165, 1.54) is 13.3 Å². The molecular weight excluding hydrogens is 586 g/mol. The summed E-state index contributed by atoms with van der Waals surface area (Å²) in [4.78, 5) is 21.6. The van der Waals surface area contributed by atoms with E-state index in [2.05, 4.69) is 59.3 Å². The molecule has 3 aromatic rings. The van der Waals surface area contributed by atoms with Crippen molar-refractivity contribution < 1.29 is 28.2 Å². The second-order valence-electron chi connectivity index (χ2n) is 11.2. The van der Waals surface area contributed by atoms with Gasteiger partial charge in [-0.3, -0.25) is 15.1 Å². The van der Waals surface area contributed by atoms with Crippen molar-refractivity contribution in [3.8, 4) is 22.1 Å². The van der Waals surface area contributed by atoms with E-state index in [1.807, 2.05) is 0 Å². The Morgan fingerprint density at radius 1 is 1.17 bits per heavy atom. The molecule has 1 aliphatic heterocycles. The lowest BCUT2D eigenvalue weighted by atomic mass is 9.99. The quantitative estimate of drug-likeness (QED) is 0.232. The summed E-state index contributed by atoms with van der Waals surface area (Å²) in [6.45, 7) is 14.4. The Labute approximate surface area is 250 Å². The number of anilines is 1. The topological polar surface area (TPSA) is 127 Å². The van der Waals surface area contributed by atoms with Gasteiger partial charge in [0.1, 0.15) is 29.7 Å². The minimum Gasteiger partial charge on any atom is -0.494 e. The number of methoxy groups -OCH3 is 1. The summed E-state index contributed by atoms with van der Waals surface area (Å²) in [5.41, 5.74) is 2.13. The van der Waals surface area contributed by atoms with Gasteiger partial charge in [0.2, 0.25) is 5.13 Å². The molecule has 1 fully saturated rings. The number of rotatable bonds is 10. The standard InChI is InChI=1S/C27H36ClN5O6SSi/c1-16-23(35-5)22(17-8-9-29-21(28)10-17)20(11-30-16)24(34)31-25-32-33-26(40-25)38-14-18-12-37-19(13-36-18)15-39-41(6,7)27(2,3)4/h8-11,18-19H,12-15H2,1-7H3,(H,31,32,34). The summed E-state index contributed by atoms with van der Waals surface area (Å²) in [7, 11) is -0.324. The van der Waals surface area contributed by atoms with Crippen molar-refractivity contribution in [3.63, 3.8) is 0 Å². The van der Waals surface area contributed by atoms with Crippen LogP contribution in [-0.4, -0.2) is 80.1 Å². The molecule has 3 aromatic heterocycles. The summed E-state index contributed by atoms with van der Waals surface area (Å²) >= 11 is 7.22. The van der Waals surface area contributed by atoms with Gasteiger partial charge in [-0.1, -0.05) is 37.5 Å². The number of aryl methyl sites for hydroxylation is 1. The normalized spacial score (nSPS) is 17.8. The molecule has 222 valence electrons. The van der Waals surface area contributed by atoms with Crippen LogP contribution in [0, 0.1) is 6.92 Å². The maximum absolute atomic E-state index is 13.3. The molecule has 1 aliphatic rings. The van der Waals surface area contributed by atoms with Gasteiger partial charge in [0.25, 0.3) is 11.1 Å². The van der Waals surface area contributed by atoms with Crippen LogP contribution >= 0.6 is 22.9 Å². The first-order chi connectivity index (χ1) is 19.4. The van der Waals surface area contributed by atoms with E-state index >= 15 is 0 Å². The first kappa shape index (κ1) is 31.3. The van der Waals surface area contributed by atoms with Gasteiger partial charge in [-0.25, -0.2) is 4.98 Å². The number of carbonyl (C=O) groups is 1. The molecular formula is C27H36ClN5O6SSi. The predicted octanol–water partition coefficient (Wildman–Crippen LogP) is 5.40. The molecule has 2 atom stereocenters. The Kier molecular flexibility index (Phi) is 9.98. The fourth-order valence-corrected chi connectivity index (χ4v) is 5.60. The maximum atomic E-state index is 13.3. The molecule has 1 saturated heterocycles. The third kappa shape index (κ3) is 7.79.